The summed E-state index contributed by atoms with van der Waals surface area (Å²) in [6.45, 7) is 0.634. The van der Waals surface area contributed by atoms with Crippen molar-refractivity contribution in [2.45, 2.75) is 12.5 Å². The van der Waals surface area contributed by atoms with Crippen molar-refractivity contribution in [3.8, 4) is 0 Å². The van der Waals surface area contributed by atoms with E-state index < -0.39 is 0 Å². The molecule has 5 heteroatoms. The third-order valence-electron chi connectivity index (χ3n) is 2.16. The summed E-state index contributed by atoms with van der Waals surface area (Å²) in [6.07, 6.45) is 2.15. The molecule has 0 aliphatic carbocycles. The van der Waals surface area contributed by atoms with E-state index in [4.69, 9.17) is 5.73 Å². The van der Waals surface area contributed by atoms with E-state index in [2.05, 4.69) is 15.6 Å². The number of hydrogen-bond acceptors (Lipinski definition) is 4. The molecule has 5 nitrogen and oxygen atoms in total. The Hall–Kier alpha value is -1.78. The Kier molecular flexibility index (Phi) is 2.22. The molecule has 2 rings (SSSR count). The largest absolute Gasteiger partial charge is 0.396 e. The van der Waals surface area contributed by atoms with E-state index >= 15 is 0 Å². The molecule has 1 amide bonds. The highest BCUT2D eigenvalue weighted by molar-refractivity contribution is 5.80. The number of pyridine rings is 1. The molecule has 1 aromatic rings. The monoisotopic (exact) mass is 192 g/mol. The van der Waals surface area contributed by atoms with Gasteiger partial charge in [0.2, 0.25) is 5.91 Å². The van der Waals surface area contributed by atoms with Crippen LogP contribution in [0.2, 0.25) is 0 Å². The normalized spacial score (nSPS) is 20.6. The van der Waals surface area contributed by atoms with Gasteiger partial charge in [0, 0.05) is 19.2 Å². The van der Waals surface area contributed by atoms with Crippen LogP contribution in [0.15, 0.2) is 18.3 Å². The zero-order valence-corrected chi connectivity index (χ0v) is 7.66. The van der Waals surface area contributed by atoms with Gasteiger partial charge in [-0.15, -0.1) is 0 Å². The van der Waals surface area contributed by atoms with E-state index in [-0.39, 0.29) is 11.9 Å². The number of nitrogens with one attached hydrogen (secondary N) is 2. The van der Waals surface area contributed by atoms with E-state index in [1.54, 1.807) is 18.3 Å². The van der Waals surface area contributed by atoms with Crippen molar-refractivity contribution in [3.63, 3.8) is 0 Å². The summed E-state index contributed by atoms with van der Waals surface area (Å²) in [4.78, 5) is 15.0. The highest BCUT2D eigenvalue weighted by atomic mass is 16.1. The molecule has 1 unspecified atom stereocenters. The van der Waals surface area contributed by atoms with Crippen molar-refractivity contribution in [3.05, 3.63) is 18.3 Å². The second-order valence-electron chi connectivity index (χ2n) is 3.29. The number of anilines is 2. The van der Waals surface area contributed by atoms with Gasteiger partial charge >= 0.3 is 0 Å². The Morgan fingerprint density at radius 1 is 1.64 bits per heavy atom. The molecule has 0 saturated carbocycles. The molecule has 0 radical (unpaired) electrons. The lowest BCUT2D eigenvalue weighted by Gasteiger charge is -2.12. The first-order valence-electron chi connectivity index (χ1n) is 4.49. The zero-order chi connectivity index (χ0) is 9.97. The second-order valence-corrected chi connectivity index (χ2v) is 3.29. The van der Waals surface area contributed by atoms with Gasteiger partial charge < -0.3 is 16.4 Å². The topological polar surface area (TPSA) is 80.0 Å². The van der Waals surface area contributed by atoms with Gasteiger partial charge in [0.25, 0.3) is 0 Å². The number of rotatable bonds is 2. The number of aromatic nitrogens is 1. The minimum absolute atomic E-state index is 0.0667. The first-order chi connectivity index (χ1) is 6.75. The minimum atomic E-state index is 0.0667. The zero-order valence-electron chi connectivity index (χ0n) is 7.66. The molecule has 0 aromatic carbocycles. The fourth-order valence-corrected chi connectivity index (χ4v) is 1.44. The van der Waals surface area contributed by atoms with Gasteiger partial charge in [0.15, 0.2) is 0 Å². The number of carbonyl (C=O) groups excluding carboxylic acids is 1. The van der Waals surface area contributed by atoms with Gasteiger partial charge in [0.05, 0.1) is 11.7 Å². The lowest BCUT2D eigenvalue weighted by molar-refractivity contribution is -0.119. The van der Waals surface area contributed by atoms with Crippen molar-refractivity contribution >= 4 is 17.4 Å². The Labute approximate surface area is 81.7 Å². The summed E-state index contributed by atoms with van der Waals surface area (Å²) in [7, 11) is 0. The number of nitrogens with zero attached hydrogens (tertiary/aromatic N) is 1. The van der Waals surface area contributed by atoms with E-state index in [9.17, 15) is 4.79 Å². The van der Waals surface area contributed by atoms with Crippen LogP contribution in [0.1, 0.15) is 6.42 Å². The fraction of sp³-hybridized carbons (Fsp3) is 0.333. The molecule has 1 saturated heterocycles. The fourth-order valence-electron chi connectivity index (χ4n) is 1.44. The maximum absolute atomic E-state index is 10.9. The summed E-state index contributed by atoms with van der Waals surface area (Å²) in [5, 5.41) is 5.86. The Morgan fingerprint density at radius 3 is 3.14 bits per heavy atom. The van der Waals surface area contributed by atoms with E-state index in [0.717, 1.165) is 0 Å². The minimum Gasteiger partial charge on any atom is -0.396 e. The molecule has 1 aliphatic rings. The summed E-state index contributed by atoms with van der Waals surface area (Å²) < 4.78 is 0. The van der Waals surface area contributed by atoms with Crippen LogP contribution in [-0.2, 0) is 4.79 Å². The van der Waals surface area contributed by atoms with Crippen LogP contribution < -0.4 is 16.4 Å². The highest BCUT2D eigenvalue weighted by Gasteiger charge is 2.21. The summed E-state index contributed by atoms with van der Waals surface area (Å²) in [5.74, 6) is 0.714. The van der Waals surface area contributed by atoms with Crippen molar-refractivity contribution < 1.29 is 4.79 Å². The number of amides is 1. The maximum Gasteiger partial charge on any atom is 0.222 e. The lowest BCUT2D eigenvalue weighted by Crippen LogP contribution is -2.23. The second kappa shape index (κ2) is 3.53. The molecule has 0 spiro atoms. The Morgan fingerprint density at radius 2 is 2.50 bits per heavy atom. The highest BCUT2D eigenvalue weighted by Crippen LogP contribution is 2.16. The molecule has 4 N–H and O–H groups in total. The predicted octanol–water partition coefficient (Wildman–Crippen LogP) is -0.0358. The SMILES string of the molecule is Nc1cccnc1NC1CNC(=O)C1. The van der Waals surface area contributed by atoms with Gasteiger partial charge in [-0.05, 0) is 12.1 Å². The van der Waals surface area contributed by atoms with Crippen LogP contribution in [0.3, 0.4) is 0 Å². The average molecular weight is 192 g/mol. The Balaban J connectivity index is 2.04. The van der Waals surface area contributed by atoms with Gasteiger partial charge in [-0.1, -0.05) is 0 Å². The number of carbonyl (C=O) groups is 1. The summed E-state index contributed by atoms with van der Waals surface area (Å²) in [6, 6.07) is 3.65. The molecule has 1 atom stereocenters. The van der Waals surface area contributed by atoms with E-state index in [0.29, 0.717) is 24.5 Å². The standard InChI is InChI=1S/C9H12N4O/c10-7-2-1-3-11-9(7)13-6-4-8(14)12-5-6/h1-3,6H,4-5,10H2,(H,11,13)(H,12,14). The maximum atomic E-state index is 10.9. The van der Waals surface area contributed by atoms with Crippen LogP contribution in [0.5, 0.6) is 0 Å². The number of nitrogens with two attached hydrogens (primary N) is 1. The molecule has 74 valence electrons. The third kappa shape index (κ3) is 1.76. The van der Waals surface area contributed by atoms with Crippen LogP contribution >= 0.6 is 0 Å². The molecule has 1 aliphatic heterocycles. The van der Waals surface area contributed by atoms with Crippen LogP contribution in [-0.4, -0.2) is 23.5 Å². The van der Waals surface area contributed by atoms with Gasteiger partial charge in [0.1, 0.15) is 5.82 Å². The van der Waals surface area contributed by atoms with Crippen LogP contribution in [0.25, 0.3) is 0 Å². The average Bonchev–Trinajstić information content (AvgIpc) is 2.56. The molecule has 1 fully saturated rings. The quantitative estimate of drug-likeness (QED) is 0.614. The van der Waals surface area contributed by atoms with Gasteiger partial charge in [-0.2, -0.15) is 0 Å². The Bertz CT molecular complexity index is 352. The number of nitrogen functional groups attached to an aromatic ring is 1. The van der Waals surface area contributed by atoms with Crippen molar-refractivity contribution in [1.82, 2.24) is 10.3 Å². The molecule has 1 aromatic heterocycles. The molecule has 0 bridgehead atoms. The first kappa shape index (κ1) is 8.80. The van der Waals surface area contributed by atoms with Crippen LogP contribution in [0, 0.1) is 0 Å². The molecular formula is C9H12N4O. The van der Waals surface area contributed by atoms with Crippen molar-refractivity contribution in [2.24, 2.45) is 0 Å². The molecule has 14 heavy (non-hydrogen) atoms. The van der Waals surface area contributed by atoms with Crippen LogP contribution in [0.4, 0.5) is 11.5 Å². The van der Waals surface area contributed by atoms with Gasteiger partial charge in [-0.3, -0.25) is 4.79 Å². The number of hydrogen-bond donors (Lipinski definition) is 3. The van der Waals surface area contributed by atoms with Crippen molar-refractivity contribution in [2.75, 3.05) is 17.6 Å². The van der Waals surface area contributed by atoms with Gasteiger partial charge in [-0.25, -0.2) is 4.98 Å². The first-order valence-corrected chi connectivity index (χ1v) is 4.49. The van der Waals surface area contributed by atoms with E-state index in [1.165, 1.54) is 0 Å². The molecule has 2 heterocycles. The lowest BCUT2D eigenvalue weighted by atomic mass is 10.2. The smallest absolute Gasteiger partial charge is 0.222 e. The summed E-state index contributed by atoms with van der Waals surface area (Å²) in [5.41, 5.74) is 6.31. The third-order valence-corrected chi connectivity index (χ3v) is 2.16. The predicted molar refractivity (Wildman–Crippen MR) is 53.7 cm³/mol. The molecular weight excluding hydrogens is 180 g/mol. The van der Waals surface area contributed by atoms with E-state index in [1.807, 2.05) is 0 Å². The van der Waals surface area contributed by atoms with Crippen molar-refractivity contribution in [1.29, 1.82) is 0 Å². The summed E-state index contributed by atoms with van der Waals surface area (Å²) >= 11 is 0.